The van der Waals surface area contributed by atoms with Gasteiger partial charge in [0.15, 0.2) is 5.96 Å². The van der Waals surface area contributed by atoms with Gasteiger partial charge in [-0.2, -0.15) is 0 Å². The van der Waals surface area contributed by atoms with Gasteiger partial charge in [0.05, 0.1) is 12.2 Å². The van der Waals surface area contributed by atoms with Crippen molar-refractivity contribution in [3.8, 4) is 0 Å². The van der Waals surface area contributed by atoms with Crippen molar-refractivity contribution in [2.45, 2.75) is 53.2 Å². The van der Waals surface area contributed by atoms with Gasteiger partial charge in [0.25, 0.3) is 0 Å². The number of aliphatic imine (C=N–C) groups is 1. The summed E-state index contributed by atoms with van der Waals surface area (Å²) in [4.78, 5) is 13.8. The van der Waals surface area contributed by atoms with E-state index < -0.39 is 0 Å². The molecule has 0 fully saturated rings. The van der Waals surface area contributed by atoms with Gasteiger partial charge in [-0.25, -0.2) is 9.98 Å². The van der Waals surface area contributed by atoms with Crippen molar-refractivity contribution in [3.63, 3.8) is 0 Å². The normalized spacial score (nSPS) is 12.2. The van der Waals surface area contributed by atoms with E-state index in [1.165, 1.54) is 0 Å². The second-order valence-corrected chi connectivity index (χ2v) is 6.93. The molecule has 0 spiro atoms. The summed E-state index contributed by atoms with van der Waals surface area (Å²) < 4.78 is 0. The highest BCUT2D eigenvalue weighted by molar-refractivity contribution is 5.79. The molecule has 0 aliphatic carbocycles. The van der Waals surface area contributed by atoms with E-state index in [9.17, 15) is 0 Å². The van der Waals surface area contributed by atoms with Crippen LogP contribution in [0.3, 0.4) is 0 Å². The third kappa shape index (κ3) is 7.73. The molecule has 0 saturated carbocycles. The lowest BCUT2D eigenvalue weighted by molar-refractivity contribution is 0.178. The highest BCUT2D eigenvalue weighted by atomic mass is 15.2. The highest BCUT2D eigenvalue weighted by Crippen LogP contribution is 2.08. The summed E-state index contributed by atoms with van der Waals surface area (Å²) in [5.74, 6) is 1.79. The largest absolute Gasteiger partial charge is 0.363 e. The van der Waals surface area contributed by atoms with Crippen molar-refractivity contribution < 1.29 is 0 Å². The van der Waals surface area contributed by atoms with E-state index in [0.717, 1.165) is 37.1 Å². The quantitative estimate of drug-likeness (QED) is 0.530. The van der Waals surface area contributed by atoms with Crippen LogP contribution in [-0.4, -0.2) is 61.7 Å². The van der Waals surface area contributed by atoms with Crippen molar-refractivity contribution >= 4 is 11.8 Å². The molecular formula is C19H36N6. The standard InChI is InChI=1S/C19H36N6/c1-8-20-19(21-12-13-25(15(2)3)16(4)5)22-14-17-10-9-11-18(23-17)24(6)7/h9-11,15-16H,8,12-14H2,1-7H3,(H2,20,21,22). The van der Waals surface area contributed by atoms with Gasteiger partial charge < -0.3 is 15.5 Å². The molecule has 6 nitrogen and oxygen atoms in total. The molecular weight excluding hydrogens is 312 g/mol. The van der Waals surface area contributed by atoms with Crippen LogP contribution < -0.4 is 15.5 Å². The summed E-state index contributed by atoms with van der Waals surface area (Å²) >= 11 is 0. The zero-order valence-electron chi connectivity index (χ0n) is 17.0. The van der Waals surface area contributed by atoms with Crippen LogP contribution in [0.25, 0.3) is 0 Å². The van der Waals surface area contributed by atoms with Gasteiger partial charge in [0, 0.05) is 45.8 Å². The fraction of sp³-hybridized carbons (Fsp3) is 0.684. The number of hydrogen-bond acceptors (Lipinski definition) is 4. The number of pyridine rings is 1. The Morgan fingerprint density at radius 1 is 1.12 bits per heavy atom. The van der Waals surface area contributed by atoms with Gasteiger partial charge in [0.1, 0.15) is 5.82 Å². The lowest BCUT2D eigenvalue weighted by Crippen LogP contribution is -2.45. The average Bonchev–Trinajstić information content (AvgIpc) is 2.55. The Morgan fingerprint density at radius 2 is 1.80 bits per heavy atom. The average molecular weight is 349 g/mol. The van der Waals surface area contributed by atoms with Gasteiger partial charge in [-0.1, -0.05) is 6.07 Å². The van der Waals surface area contributed by atoms with Crippen LogP contribution in [0.2, 0.25) is 0 Å². The zero-order chi connectivity index (χ0) is 18.8. The van der Waals surface area contributed by atoms with Gasteiger partial charge >= 0.3 is 0 Å². The maximum absolute atomic E-state index is 4.67. The first-order valence-electron chi connectivity index (χ1n) is 9.26. The number of hydrogen-bond donors (Lipinski definition) is 2. The number of anilines is 1. The first-order valence-corrected chi connectivity index (χ1v) is 9.26. The van der Waals surface area contributed by atoms with Crippen LogP contribution >= 0.6 is 0 Å². The predicted octanol–water partition coefficient (Wildman–Crippen LogP) is 2.32. The molecule has 0 aromatic carbocycles. The minimum Gasteiger partial charge on any atom is -0.363 e. The molecule has 0 atom stereocenters. The Morgan fingerprint density at radius 3 is 2.36 bits per heavy atom. The lowest BCUT2D eigenvalue weighted by Gasteiger charge is -2.30. The molecule has 1 rings (SSSR count). The van der Waals surface area contributed by atoms with Crippen LogP contribution in [0.4, 0.5) is 5.82 Å². The Labute approximate surface area is 153 Å². The van der Waals surface area contributed by atoms with Gasteiger partial charge in [-0.05, 0) is 46.8 Å². The monoisotopic (exact) mass is 348 g/mol. The van der Waals surface area contributed by atoms with E-state index in [1.54, 1.807) is 0 Å². The Kier molecular flexibility index (Phi) is 9.27. The maximum atomic E-state index is 4.67. The topological polar surface area (TPSA) is 55.8 Å². The first-order chi connectivity index (χ1) is 11.8. The van der Waals surface area contributed by atoms with Crippen molar-refractivity contribution in [1.82, 2.24) is 20.5 Å². The van der Waals surface area contributed by atoms with Gasteiger partial charge in [0.2, 0.25) is 0 Å². The van der Waals surface area contributed by atoms with E-state index in [1.807, 2.05) is 37.2 Å². The molecule has 1 aromatic heterocycles. The summed E-state index contributed by atoms with van der Waals surface area (Å²) in [6, 6.07) is 7.12. The molecule has 0 aliphatic rings. The van der Waals surface area contributed by atoms with E-state index in [4.69, 9.17) is 0 Å². The molecule has 0 saturated heterocycles. The minimum atomic E-state index is 0.541. The number of aromatic nitrogens is 1. The number of rotatable bonds is 9. The van der Waals surface area contributed by atoms with E-state index >= 15 is 0 Å². The second-order valence-electron chi connectivity index (χ2n) is 6.93. The molecule has 142 valence electrons. The molecule has 6 heteroatoms. The van der Waals surface area contributed by atoms with E-state index in [0.29, 0.717) is 18.6 Å². The molecule has 0 bridgehead atoms. The number of nitrogens with one attached hydrogen (secondary N) is 2. The van der Waals surface area contributed by atoms with Gasteiger partial charge in [-0.3, -0.25) is 4.90 Å². The number of nitrogens with zero attached hydrogens (tertiary/aromatic N) is 4. The van der Waals surface area contributed by atoms with Crippen LogP contribution in [0.1, 0.15) is 40.3 Å². The van der Waals surface area contributed by atoms with Crippen LogP contribution in [0, 0.1) is 0 Å². The van der Waals surface area contributed by atoms with Crippen molar-refractivity contribution in [2.75, 3.05) is 38.6 Å². The molecule has 2 N–H and O–H groups in total. The SMILES string of the molecule is CCNC(=NCc1cccc(N(C)C)n1)NCCN(C(C)C)C(C)C. The third-order valence-electron chi connectivity index (χ3n) is 3.98. The summed E-state index contributed by atoms with van der Waals surface area (Å²) in [5.41, 5.74) is 0.967. The third-order valence-corrected chi connectivity index (χ3v) is 3.98. The second kappa shape index (κ2) is 10.9. The zero-order valence-corrected chi connectivity index (χ0v) is 17.0. The summed E-state index contributed by atoms with van der Waals surface area (Å²) in [6.07, 6.45) is 0. The van der Waals surface area contributed by atoms with Gasteiger partial charge in [-0.15, -0.1) is 0 Å². The Balaban J connectivity index is 2.63. The molecule has 1 aromatic rings. The van der Waals surface area contributed by atoms with Crippen LogP contribution in [-0.2, 0) is 6.54 Å². The fourth-order valence-corrected chi connectivity index (χ4v) is 2.72. The number of guanidine groups is 1. The molecule has 0 aliphatic heterocycles. The molecule has 25 heavy (non-hydrogen) atoms. The van der Waals surface area contributed by atoms with E-state index in [-0.39, 0.29) is 0 Å². The molecule has 1 heterocycles. The Bertz CT molecular complexity index is 516. The first kappa shape index (κ1) is 21.2. The van der Waals surface area contributed by atoms with Crippen LogP contribution in [0.5, 0.6) is 0 Å². The Hall–Kier alpha value is -1.82. The lowest BCUT2D eigenvalue weighted by atomic mass is 10.2. The van der Waals surface area contributed by atoms with Crippen molar-refractivity contribution in [1.29, 1.82) is 0 Å². The van der Waals surface area contributed by atoms with Crippen molar-refractivity contribution in [3.05, 3.63) is 23.9 Å². The summed E-state index contributed by atoms with van der Waals surface area (Å²) in [6.45, 7) is 14.3. The summed E-state index contributed by atoms with van der Waals surface area (Å²) in [7, 11) is 3.99. The predicted molar refractivity (Wildman–Crippen MR) is 108 cm³/mol. The minimum absolute atomic E-state index is 0.541. The summed E-state index contributed by atoms with van der Waals surface area (Å²) in [5, 5.41) is 6.73. The van der Waals surface area contributed by atoms with Crippen LogP contribution in [0.15, 0.2) is 23.2 Å². The highest BCUT2D eigenvalue weighted by Gasteiger charge is 2.12. The van der Waals surface area contributed by atoms with Crippen molar-refractivity contribution in [2.24, 2.45) is 4.99 Å². The fourth-order valence-electron chi connectivity index (χ4n) is 2.72. The molecule has 0 amide bonds. The van der Waals surface area contributed by atoms with E-state index in [2.05, 4.69) is 60.1 Å². The smallest absolute Gasteiger partial charge is 0.191 e. The maximum Gasteiger partial charge on any atom is 0.191 e. The molecule has 0 unspecified atom stereocenters. The molecule has 0 radical (unpaired) electrons.